The third-order valence-corrected chi connectivity index (χ3v) is 5.40. The predicted octanol–water partition coefficient (Wildman–Crippen LogP) is 4.47. The van der Waals surface area contributed by atoms with Gasteiger partial charge in [0.15, 0.2) is 5.11 Å². The number of nitrogens with one attached hydrogen (secondary N) is 1. The number of likely N-dealkylation sites (tertiary alicyclic amines) is 1. The molecule has 1 aliphatic rings. The molecule has 1 saturated heterocycles. The fourth-order valence-electron chi connectivity index (χ4n) is 3.62. The maximum absolute atomic E-state index is 5.62. The van der Waals surface area contributed by atoms with E-state index in [2.05, 4.69) is 38.0 Å². The van der Waals surface area contributed by atoms with Gasteiger partial charge in [-0.15, -0.1) is 0 Å². The molecule has 5 nitrogen and oxygen atoms in total. The van der Waals surface area contributed by atoms with Crippen LogP contribution in [0.25, 0.3) is 11.0 Å². The maximum atomic E-state index is 5.62. The van der Waals surface area contributed by atoms with Gasteiger partial charge in [-0.05, 0) is 68.4 Å². The van der Waals surface area contributed by atoms with Crippen LogP contribution in [0.5, 0.6) is 5.75 Å². The van der Waals surface area contributed by atoms with E-state index < -0.39 is 0 Å². The van der Waals surface area contributed by atoms with Crippen LogP contribution >= 0.6 is 12.2 Å². The third-order valence-electron chi connectivity index (χ3n) is 5.04. The van der Waals surface area contributed by atoms with Crippen LogP contribution in [0.4, 0.5) is 5.69 Å². The second kappa shape index (κ2) is 7.96. The van der Waals surface area contributed by atoms with Crippen molar-refractivity contribution in [1.82, 2.24) is 14.5 Å². The van der Waals surface area contributed by atoms with Gasteiger partial charge in [-0.3, -0.25) is 0 Å². The molecule has 3 aromatic rings. The highest BCUT2D eigenvalue weighted by Crippen LogP contribution is 2.27. The van der Waals surface area contributed by atoms with E-state index in [0.717, 1.165) is 48.0 Å². The van der Waals surface area contributed by atoms with E-state index in [-0.39, 0.29) is 0 Å². The summed E-state index contributed by atoms with van der Waals surface area (Å²) >= 11 is 5.62. The van der Waals surface area contributed by atoms with Gasteiger partial charge in [0.1, 0.15) is 5.75 Å². The summed E-state index contributed by atoms with van der Waals surface area (Å²) < 4.78 is 7.80. The Morgan fingerprint density at radius 2 is 1.89 bits per heavy atom. The molecule has 140 valence electrons. The molecule has 4 rings (SSSR count). The lowest BCUT2D eigenvalue weighted by molar-refractivity contribution is 0.272. The Morgan fingerprint density at radius 1 is 1.15 bits per heavy atom. The molecule has 6 heteroatoms. The zero-order valence-electron chi connectivity index (χ0n) is 15.5. The topological polar surface area (TPSA) is 42.3 Å². The fraction of sp³-hybridized carbons (Fsp3) is 0.333. The van der Waals surface area contributed by atoms with Crippen molar-refractivity contribution in [2.24, 2.45) is 0 Å². The van der Waals surface area contributed by atoms with E-state index in [1.54, 1.807) is 0 Å². The van der Waals surface area contributed by atoms with Gasteiger partial charge >= 0.3 is 0 Å². The van der Waals surface area contributed by atoms with Crippen molar-refractivity contribution in [2.75, 3.05) is 25.0 Å². The first kappa shape index (κ1) is 17.8. The molecule has 2 heterocycles. The SMILES string of the molecule is CCOc1ccc(NC(=S)N2CCC(n3cnc4ccccc43)CC2)cc1. The van der Waals surface area contributed by atoms with E-state index in [9.17, 15) is 0 Å². The molecule has 1 fully saturated rings. The van der Waals surface area contributed by atoms with Crippen molar-refractivity contribution in [3.8, 4) is 5.75 Å². The minimum Gasteiger partial charge on any atom is -0.494 e. The summed E-state index contributed by atoms with van der Waals surface area (Å²) in [6.07, 6.45) is 4.10. The number of hydrogen-bond donors (Lipinski definition) is 1. The van der Waals surface area contributed by atoms with Gasteiger partial charge in [-0.2, -0.15) is 0 Å². The summed E-state index contributed by atoms with van der Waals surface area (Å²) in [5, 5.41) is 4.13. The zero-order valence-corrected chi connectivity index (χ0v) is 16.3. The van der Waals surface area contributed by atoms with Crippen molar-refractivity contribution in [1.29, 1.82) is 0 Å². The molecule has 1 aliphatic heterocycles. The Labute approximate surface area is 165 Å². The largest absolute Gasteiger partial charge is 0.494 e. The van der Waals surface area contributed by atoms with Crippen LogP contribution < -0.4 is 10.1 Å². The number of anilines is 1. The highest BCUT2D eigenvalue weighted by atomic mass is 32.1. The molecule has 27 heavy (non-hydrogen) atoms. The smallest absolute Gasteiger partial charge is 0.173 e. The van der Waals surface area contributed by atoms with Crippen LogP contribution in [0.3, 0.4) is 0 Å². The van der Waals surface area contributed by atoms with Crippen molar-refractivity contribution in [2.45, 2.75) is 25.8 Å². The first-order chi connectivity index (χ1) is 13.2. The van der Waals surface area contributed by atoms with Gasteiger partial charge in [0.25, 0.3) is 0 Å². The van der Waals surface area contributed by atoms with Gasteiger partial charge in [0.2, 0.25) is 0 Å². The van der Waals surface area contributed by atoms with E-state index >= 15 is 0 Å². The molecule has 0 unspecified atom stereocenters. The lowest BCUT2D eigenvalue weighted by atomic mass is 10.0. The summed E-state index contributed by atoms with van der Waals surface area (Å²) in [7, 11) is 0. The van der Waals surface area contributed by atoms with Gasteiger partial charge in [-0.25, -0.2) is 4.98 Å². The van der Waals surface area contributed by atoms with Crippen molar-refractivity contribution in [3.05, 3.63) is 54.9 Å². The summed E-state index contributed by atoms with van der Waals surface area (Å²) in [5.41, 5.74) is 3.27. The molecule has 2 aromatic carbocycles. The zero-order chi connectivity index (χ0) is 18.6. The molecular formula is C21H24N4OS. The molecule has 1 aromatic heterocycles. The summed E-state index contributed by atoms with van der Waals surface area (Å²) in [6, 6.07) is 16.7. The number of hydrogen-bond acceptors (Lipinski definition) is 3. The number of nitrogens with zero attached hydrogens (tertiary/aromatic N) is 3. The van der Waals surface area contributed by atoms with Gasteiger partial charge in [0.05, 0.1) is 24.0 Å². The molecule has 0 atom stereocenters. The predicted molar refractivity (Wildman–Crippen MR) is 113 cm³/mol. The lowest BCUT2D eigenvalue weighted by Crippen LogP contribution is -2.41. The van der Waals surface area contributed by atoms with E-state index in [4.69, 9.17) is 17.0 Å². The fourth-order valence-corrected chi connectivity index (χ4v) is 3.92. The van der Waals surface area contributed by atoms with Crippen molar-refractivity contribution >= 4 is 34.1 Å². The average Bonchev–Trinajstić information content (AvgIpc) is 3.14. The number of aromatic nitrogens is 2. The number of benzene rings is 2. The second-order valence-electron chi connectivity index (χ2n) is 6.75. The molecule has 0 amide bonds. The second-order valence-corrected chi connectivity index (χ2v) is 7.13. The number of imidazole rings is 1. The molecule has 0 bridgehead atoms. The average molecular weight is 381 g/mol. The van der Waals surface area contributed by atoms with E-state index in [0.29, 0.717) is 12.6 Å². The Kier molecular flexibility index (Phi) is 5.25. The van der Waals surface area contributed by atoms with Gasteiger partial charge < -0.3 is 19.5 Å². The standard InChI is InChI=1S/C21H24N4OS/c1-2-26-18-9-7-16(8-10-18)23-21(27)24-13-11-17(12-14-24)25-15-22-19-5-3-4-6-20(19)25/h3-10,15,17H,2,11-14H2,1H3,(H,23,27). The molecule has 1 N–H and O–H groups in total. The van der Waals surface area contributed by atoms with Crippen LogP contribution in [-0.4, -0.2) is 39.3 Å². The highest BCUT2D eigenvalue weighted by molar-refractivity contribution is 7.80. The van der Waals surface area contributed by atoms with Gasteiger partial charge in [-0.1, -0.05) is 12.1 Å². The summed E-state index contributed by atoms with van der Waals surface area (Å²) in [6.45, 7) is 4.55. The quantitative estimate of drug-likeness (QED) is 0.677. The van der Waals surface area contributed by atoms with E-state index in [1.807, 2.05) is 43.6 Å². The van der Waals surface area contributed by atoms with Crippen LogP contribution in [0.15, 0.2) is 54.9 Å². The Morgan fingerprint density at radius 3 is 2.63 bits per heavy atom. The van der Waals surface area contributed by atoms with Gasteiger partial charge in [0, 0.05) is 24.8 Å². The van der Waals surface area contributed by atoms with Crippen LogP contribution in [0, 0.1) is 0 Å². The number of para-hydroxylation sites is 2. The number of piperidine rings is 1. The number of thiocarbonyl (C=S) groups is 1. The normalized spacial score (nSPS) is 15.1. The first-order valence-corrected chi connectivity index (χ1v) is 9.86. The number of rotatable bonds is 4. The molecule has 0 radical (unpaired) electrons. The highest BCUT2D eigenvalue weighted by Gasteiger charge is 2.23. The van der Waals surface area contributed by atoms with Crippen LogP contribution in [0.2, 0.25) is 0 Å². The lowest BCUT2D eigenvalue weighted by Gasteiger charge is -2.34. The van der Waals surface area contributed by atoms with Crippen LogP contribution in [0.1, 0.15) is 25.8 Å². The maximum Gasteiger partial charge on any atom is 0.173 e. The Hall–Kier alpha value is -2.60. The van der Waals surface area contributed by atoms with E-state index in [1.165, 1.54) is 5.52 Å². The molecule has 0 saturated carbocycles. The van der Waals surface area contributed by atoms with Crippen molar-refractivity contribution in [3.63, 3.8) is 0 Å². The van der Waals surface area contributed by atoms with Crippen LogP contribution in [-0.2, 0) is 0 Å². The number of fused-ring (bicyclic) bond motifs is 1. The monoisotopic (exact) mass is 380 g/mol. The molecule has 0 spiro atoms. The molecule has 0 aliphatic carbocycles. The minimum absolute atomic E-state index is 0.474. The minimum atomic E-state index is 0.474. The van der Waals surface area contributed by atoms with Crippen molar-refractivity contribution < 1.29 is 4.74 Å². The first-order valence-electron chi connectivity index (χ1n) is 9.45. The third kappa shape index (κ3) is 3.90. The Bertz CT molecular complexity index is 913. The molecular weight excluding hydrogens is 356 g/mol. The summed E-state index contributed by atoms with van der Waals surface area (Å²) in [4.78, 5) is 6.78. The Balaban J connectivity index is 1.35. The number of ether oxygens (including phenoxy) is 1. The summed E-state index contributed by atoms with van der Waals surface area (Å²) in [5.74, 6) is 0.877.